The fraction of sp³-hybridized carbons (Fsp3) is 0.818. The molecule has 0 aromatic heterocycles. The third-order valence-corrected chi connectivity index (χ3v) is 3.01. The molecule has 0 saturated carbocycles. The number of nitrogens with zero attached hydrogens (tertiary/aromatic N) is 1. The lowest BCUT2D eigenvalue weighted by molar-refractivity contribution is -0.757. The maximum atomic E-state index is 11.4. The number of unbranched alkanes of at least 4 members (excludes halogenated alkanes) is 1. The van der Waals surface area contributed by atoms with Crippen molar-refractivity contribution in [3.8, 4) is 0 Å². The molecule has 1 atom stereocenters. The first-order chi connectivity index (χ1) is 9.47. The number of alkyl carbamates (subject to hydrolysis) is 1. The molecule has 0 radical (unpaired) electrons. The van der Waals surface area contributed by atoms with E-state index in [0.29, 0.717) is 19.3 Å². The van der Waals surface area contributed by atoms with Crippen molar-refractivity contribution < 1.29 is 24.3 Å². The third kappa shape index (κ3) is 10.4. The summed E-state index contributed by atoms with van der Waals surface area (Å²) in [5, 5.41) is 11.5. The molecule has 8 nitrogen and oxygen atoms in total. The molecule has 1 N–H and O–H groups in total. The lowest BCUT2D eigenvalue weighted by atomic mass is 10.1. The van der Waals surface area contributed by atoms with Gasteiger partial charge in [-0.15, -0.1) is 10.1 Å². The Kier molecular flexibility index (Phi) is 10.5. The quantitative estimate of drug-likeness (QED) is 0.349. The predicted molar refractivity (Wildman–Crippen MR) is 74.1 cm³/mol. The van der Waals surface area contributed by atoms with Crippen molar-refractivity contribution in [3.05, 3.63) is 10.1 Å². The molecule has 0 aromatic rings. The van der Waals surface area contributed by atoms with Crippen LogP contribution in [0, 0.1) is 10.1 Å². The molecule has 9 heteroatoms. The monoisotopic (exact) mass is 308 g/mol. The van der Waals surface area contributed by atoms with Crippen molar-refractivity contribution in [1.29, 1.82) is 0 Å². The molecule has 0 aromatic carbocycles. The van der Waals surface area contributed by atoms with E-state index in [1.807, 2.05) is 6.26 Å². The molecule has 0 rings (SSSR count). The van der Waals surface area contributed by atoms with Crippen molar-refractivity contribution in [1.82, 2.24) is 5.32 Å². The lowest BCUT2D eigenvalue weighted by Gasteiger charge is -2.15. The second-order valence-corrected chi connectivity index (χ2v) is 4.97. The van der Waals surface area contributed by atoms with Crippen LogP contribution in [-0.2, 0) is 14.4 Å². The Morgan fingerprint density at radius 2 is 2.00 bits per heavy atom. The lowest BCUT2D eigenvalue weighted by Crippen LogP contribution is -2.40. The number of ether oxygens (including phenoxy) is 1. The van der Waals surface area contributed by atoms with Gasteiger partial charge < -0.3 is 14.9 Å². The molecule has 0 saturated heterocycles. The first kappa shape index (κ1) is 18.5. The van der Waals surface area contributed by atoms with E-state index >= 15 is 0 Å². The molecule has 0 heterocycles. The molecule has 0 bridgehead atoms. The van der Waals surface area contributed by atoms with Crippen LogP contribution in [0.15, 0.2) is 0 Å². The zero-order valence-electron chi connectivity index (χ0n) is 11.6. The third-order valence-electron chi connectivity index (χ3n) is 2.36. The molecule has 0 aliphatic carbocycles. The average molecular weight is 308 g/mol. The number of amides is 1. The van der Waals surface area contributed by atoms with Gasteiger partial charge in [-0.1, -0.05) is 0 Å². The molecule has 0 fully saturated rings. The predicted octanol–water partition coefficient (Wildman–Crippen LogP) is 1.41. The minimum absolute atomic E-state index is 0.0260. The zero-order valence-corrected chi connectivity index (χ0v) is 12.4. The number of nitrogens with one attached hydrogen (secondary N) is 1. The van der Waals surface area contributed by atoms with Gasteiger partial charge >= 0.3 is 6.09 Å². The summed E-state index contributed by atoms with van der Waals surface area (Å²) < 4.78 is 4.88. The van der Waals surface area contributed by atoms with Gasteiger partial charge in [-0.25, -0.2) is 4.79 Å². The second-order valence-electron chi connectivity index (χ2n) is 3.99. The largest absolute Gasteiger partial charge is 0.450 e. The summed E-state index contributed by atoms with van der Waals surface area (Å²) in [5.41, 5.74) is 0. The number of ketones is 1. The highest BCUT2D eigenvalue weighted by atomic mass is 32.2. The van der Waals surface area contributed by atoms with Gasteiger partial charge in [0.2, 0.25) is 0 Å². The number of hydrogen-bond acceptors (Lipinski definition) is 7. The van der Waals surface area contributed by atoms with Gasteiger partial charge in [0, 0.05) is 0 Å². The van der Waals surface area contributed by atoms with Crippen LogP contribution in [0.25, 0.3) is 0 Å². The van der Waals surface area contributed by atoms with Crippen molar-refractivity contribution in [2.45, 2.75) is 32.2 Å². The Hall–Kier alpha value is -1.51. The van der Waals surface area contributed by atoms with Crippen molar-refractivity contribution in [2.24, 2.45) is 0 Å². The van der Waals surface area contributed by atoms with Crippen molar-refractivity contribution >= 4 is 23.6 Å². The average Bonchev–Trinajstić information content (AvgIpc) is 2.37. The summed E-state index contributed by atoms with van der Waals surface area (Å²) in [6.45, 7) is 1.52. The molecular formula is C11H20N2O6S. The SMILES string of the molecule is CSCCC(NC(=O)OCCCCO[N+](=O)[O-])C(C)=O. The Balaban J connectivity index is 3.74. The Morgan fingerprint density at radius 1 is 1.35 bits per heavy atom. The van der Waals surface area contributed by atoms with Crippen LogP contribution in [0.1, 0.15) is 26.2 Å². The molecule has 20 heavy (non-hydrogen) atoms. The molecule has 0 aliphatic rings. The molecule has 0 aliphatic heterocycles. The normalized spacial score (nSPS) is 11.5. The first-order valence-electron chi connectivity index (χ1n) is 6.17. The zero-order chi connectivity index (χ0) is 15.4. The summed E-state index contributed by atoms with van der Waals surface area (Å²) in [7, 11) is 0. The van der Waals surface area contributed by atoms with Gasteiger partial charge in [0.15, 0.2) is 5.78 Å². The maximum absolute atomic E-state index is 11.4. The van der Waals surface area contributed by atoms with Crippen LogP contribution in [0.3, 0.4) is 0 Å². The number of hydrogen-bond donors (Lipinski definition) is 1. The van der Waals surface area contributed by atoms with E-state index in [9.17, 15) is 19.7 Å². The highest BCUT2D eigenvalue weighted by molar-refractivity contribution is 7.98. The summed E-state index contributed by atoms with van der Waals surface area (Å²) in [6, 6.07) is -0.534. The van der Waals surface area contributed by atoms with Gasteiger partial charge in [0.1, 0.15) is 0 Å². The topological polar surface area (TPSA) is 108 Å². The van der Waals surface area contributed by atoms with Crippen molar-refractivity contribution in [3.63, 3.8) is 0 Å². The van der Waals surface area contributed by atoms with Crippen LogP contribution in [-0.4, -0.2) is 48.2 Å². The van der Waals surface area contributed by atoms with E-state index in [1.54, 1.807) is 11.8 Å². The van der Waals surface area contributed by atoms with E-state index in [-0.39, 0.29) is 19.0 Å². The highest BCUT2D eigenvalue weighted by Crippen LogP contribution is 2.02. The number of carbonyl (C=O) groups excluding carboxylic acids is 2. The number of carbonyl (C=O) groups is 2. The molecule has 1 amide bonds. The minimum atomic E-state index is -0.864. The Labute approximate surface area is 121 Å². The fourth-order valence-corrected chi connectivity index (χ4v) is 1.78. The van der Waals surface area contributed by atoms with E-state index in [0.717, 1.165) is 5.75 Å². The molecular weight excluding hydrogens is 288 g/mol. The Morgan fingerprint density at radius 3 is 2.55 bits per heavy atom. The fourth-order valence-electron chi connectivity index (χ4n) is 1.30. The number of Topliss-reactive ketones (excluding diaryl/α,β-unsaturated/α-hetero) is 1. The number of thioether (sulfide) groups is 1. The first-order valence-corrected chi connectivity index (χ1v) is 7.56. The maximum Gasteiger partial charge on any atom is 0.407 e. The van der Waals surface area contributed by atoms with Gasteiger partial charge in [-0.3, -0.25) is 4.79 Å². The smallest absolute Gasteiger partial charge is 0.407 e. The Bertz CT molecular complexity index is 326. The van der Waals surface area contributed by atoms with E-state index in [2.05, 4.69) is 10.2 Å². The van der Waals surface area contributed by atoms with Crippen LogP contribution >= 0.6 is 11.8 Å². The molecule has 1 unspecified atom stereocenters. The number of rotatable bonds is 11. The van der Waals surface area contributed by atoms with E-state index in [1.165, 1.54) is 6.92 Å². The van der Waals surface area contributed by atoms with Crippen LogP contribution in [0.5, 0.6) is 0 Å². The highest BCUT2D eigenvalue weighted by Gasteiger charge is 2.16. The van der Waals surface area contributed by atoms with Crippen molar-refractivity contribution in [2.75, 3.05) is 25.2 Å². The summed E-state index contributed by atoms with van der Waals surface area (Å²) >= 11 is 1.59. The minimum Gasteiger partial charge on any atom is -0.450 e. The molecule has 0 spiro atoms. The van der Waals surface area contributed by atoms with Crippen LogP contribution in [0.4, 0.5) is 4.79 Å². The van der Waals surface area contributed by atoms with Gasteiger partial charge in [-0.2, -0.15) is 11.8 Å². The summed E-state index contributed by atoms with van der Waals surface area (Å²) in [6.07, 6.45) is 2.69. The van der Waals surface area contributed by atoms with E-state index < -0.39 is 17.2 Å². The van der Waals surface area contributed by atoms with E-state index in [4.69, 9.17) is 4.74 Å². The molecule has 116 valence electrons. The second kappa shape index (κ2) is 11.3. The van der Waals surface area contributed by atoms with Crippen LogP contribution < -0.4 is 5.32 Å². The summed E-state index contributed by atoms with van der Waals surface area (Å²) in [4.78, 5) is 36.7. The van der Waals surface area contributed by atoms with Gasteiger partial charge in [0.05, 0.1) is 19.3 Å². The standard InChI is InChI=1S/C11H20N2O6S/c1-9(14)10(5-8-20-2)12-11(15)18-6-3-4-7-19-13(16)17/h10H,3-8H2,1-2H3,(H,12,15). The van der Waals surface area contributed by atoms with Gasteiger partial charge in [0.25, 0.3) is 5.09 Å². The van der Waals surface area contributed by atoms with Crippen LogP contribution in [0.2, 0.25) is 0 Å². The summed E-state index contributed by atoms with van der Waals surface area (Å²) in [5.74, 6) is 0.651. The van der Waals surface area contributed by atoms with Gasteiger partial charge in [-0.05, 0) is 38.2 Å².